The third kappa shape index (κ3) is 6.32. The molecule has 306 valence electrons. The van der Waals surface area contributed by atoms with Crippen molar-refractivity contribution in [1.29, 1.82) is 0 Å². The summed E-state index contributed by atoms with van der Waals surface area (Å²) < 4.78 is 35.5. The Bertz CT molecular complexity index is 1440. The Labute approximate surface area is 315 Å². The molecule has 3 saturated heterocycles. The average Bonchev–Trinajstić information content (AvgIpc) is 3.89. The van der Waals surface area contributed by atoms with E-state index in [0.29, 0.717) is 36.5 Å². The van der Waals surface area contributed by atoms with E-state index in [2.05, 4.69) is 13.8 Å². The number of aliphatic hydroxyl groups excluding tert-OH is 7. The molecule has 4 saturated carbocycles. The Morgan fingerprint density at radius 3 is 2.20 bits per heavy atom. The summed E-state index contributed by atoms with van der Waals surface area (Å²) in [6.07, 6.45) is -9.55. The van der Waals surface area contributed by atoms with Crippen molar-refractivity contribution in [3.63, 3.8) is 0 Å². The fourth-order valence-corrected chi connectivity index (χ4v) is 12.4. The van der Waals surface area contributed by atoms with Crippen molar-refractivity contribution in [3.05, 3.63) is 11.1 Å². The number of fused-ring (bicyclic) bond motifs is 8. The first-order valence-corrected chi connectivity index (χ1v) is 20.1. The minimum atomic E-state index is -1.67. The molecule has 8 N–H and O–H groups in total. The fourth-order valence-electron chi connectivity index (χ4n) is 12.4. The van der Waals surface area contributed by atoms with Crippen LogP contribution in [-0.2, 0) is 33.2 Å². The predicted molar refractivity (Wildman–Crippen MR) is 185 cm³/mol. The normalized spacial score (nSPS) is 54.9. The lowest BCUT2D eigenvalue weighted by Gasteiger charge is -2.57. The number of carbonyl (C=O) groups is 1. The van der Waals surface area contributed by atoms with Crippen molar-refractivity contribution in [3.8, 4) is 0 Å². The number of aliphatic hydroxyl groups is 8. The number of rotatable bonds is 8. The molecule has 0 spiro atoms. The summed E-state index contributed by atoms with van der Waals surface area (Å²) in [6.45, 7) is 7.48. The van der Waals surface area contributed by atoms with Crippen LogP contribution in [0.25, 0.3) is 0 Å². The Morgan fingerprint density at radius 1 is 0.833 bits per heavy atom. The summed E-state index contributed by atoms with van der Waals surface area (Å²) >= 11 is 0. The van der Waals surface area contributed by atoms with Crippen molar-refractivity contribution in [2.45, 2.75) is 170 Å². The summed E-state index contributed by atoms with van der Waals surface area (Å²) in [5, 5.41) is 84.7. The first-order chi connectivity index (χ1) is 25.6. The first-order valence-electron chi connectivity index (χ1n) is 20.1. The first kappa shape index (κ1) is 39.5. The van der Waals surface area contributed by atoms with Gasteiger partial charge in [-0.25, -0.2) is 4.79 Å². The topological polar surface area (TPSA) is 238 Å². The van der Waals surface area contributed by atoms with Gasteiger partial charge in [-0.1, -0.05) is 19.4 Å². The van der Waals surface area contributed by atoms with Crippen LogP contribution in [0.3, 0.4) is 0 Å². The van der Waals surface area contributed by atoms with Gasteiger partial charge in [0.1, 0.15) is 61.0 Å². The van der Waals surface area contributed by atoms with Crippen LogP contribution in [0.2, 0.25) is 0 Å². The molecule has 4 aliphatic carbocycles. The lowest BCUT2D eigenvalue weighted by Crippen LogP contribution is -2.63. The highest BCUT2D eigenvalue weighted by molar-refractivity contribution is 5.89. The molecular formula is C39H60O15. The van der Waals surface area contributed by atoms with E-state index >= 15 is 0 Å². The van der Waals surface area contributed by atoms with Crippen molar-refractivity contribution in [2.75, 3.05) is 13.2 Å². The van der Waals surface area contributed by atoms with Gasteiger partial charge >= 0.3 is 5.97 Å². The van der Waals surface area contributed by atoms with Gasteiger partial charge in [0.05, 0.1) is 31.0 Å². The molecular weight excluding hydrogens is 708 g/mol. The van der Waals surface area contributed by atoms with Crippen molar-refractivity contribution in [2.24, 2.45) is 40.9 Å². The largest absolute Gasteiger partial charge is 0.458 e. The molecule has 8 aliphatic rings. The molecule has 0 radical (unpaired) electrons. The molecule has 15 unspecified atom stereocenters. The third-order valence-electron chi connectivity index (χ3n) is 15.6. The van der Waals surface area contributed by atoms with E-state index in [-0.39, 0.29) is 48.0 Å². The second kappa shape index (κ2) is 14.5. The maximum Gasteiger partial charge on any atom is 0.333 e. The highest BCUT2D eigenvalue weighted by atomic mass is 16.7. The van der Waals surface area contributed by atoms with E-state index in [9.17, 15) is 45.6 Å². The van der Waals surface area contributed by atoms with Gasteiger partial charge in [-0.3, -0.25) is 0 Å². The maximum absolute atomic E-state index is 12.6. The standard InChI is InChI=1S/C39H60O15/c1-15-11-23(51-35(47)16(15)2)17(3)20-7-8-22-26-19(9-10-38(20,22)4)21-6-5-18(12-39(21,48)34-33(26)54-34)50-37-32(46)30(44)28(42)25(53-37)14-49-36-31(45)29(43)27(41)24(13-40)52-36/h17-34,36-37,40-46,48H,5-14H2,1-4H3/t17-,18+,19?,20?,21-,22?,23?,24?,25?,26?,27?,28?,29?,30?,31?,32?,33+,34+,36?,37?,38-,39-/m1/s1. The van der Waals surface area contributed by atoms with Gasteiger partial charge in [-0.15, -0.1) is 0 Å². The molecule has 22 atom stereocenters. The Morgan fingerprint density at radius 2 is 1.50 bits per heavy atom. The van der Waals surface area contributed by atoms with Crippen molar-refractivity contribution >= 4 is 5.97 Å². The Hall–Kier alpha value is -1.31. The molecule has 15 nitrogen and oxygen atoms in total. The number of cyclic esters (lactones) is 1. The molecule has 4 heterocycles. The van der Waals surface area contributed by atoms with E-state index in [1.807, 2.05) is 13.8 Å². The van der Waals surface area contributed by atoms with Gasteiger partial charge < -0.3 is 69.3 Å². The van der Waals surface area contributed by atoms with Crippen LogP contribution in [0.15, 0.2) is 11.1 Å². The lowest BCUT2D eigenvalue weighted by atomic mass is 9.48. The van der Waals surface area contributed by atoms with E-state index in [1.165, 1.54) is 0 Å². The SMILES string of the molecule is CC1=C(C)C(=O)OC([C@H](C)C2CCC3C4C(CC[C@@]32C)[C@H]2CC[C@H](OC3OC(COC5OC(CO)C(O)C(O)C5O)C(O)C(O)C3O)C[C@]2(O)[C@H]2O[C@@H]42)C1. The molecule has 0 aromatic rings. The van der Waals surface area contributed by atoms with Gasteiger partial charge in [0.25, 0.3) is 0 Å². The maximum atomic E-state index is 12.6. The average molecular weight is 769 g/mol. The zero-order valence-electron chi connectivity index (χ0n) is 31.6. The second-order valence-electron chi connectivity index (χ2n) is 18.2. The predicted octanol–water partition coefficient (Wildman–Crippen LogP) is -0.345. The van der Waals surface area contributed by atoms with Crippen LogP contribution in [0.4, 0.5) is 0 Å². The smallest absolute Gasteiger partial charge is 0.333 e. The lowest BCUT2D eigenvalue weighted by molar-refractivity contribution is -0.339. The van der Waals surface area contributed by atoms with Crippen LogP contribution >= 0.6 is 0 Å². The number of carbonyl (C=O) groups excluding carboxylic acids is 1. The van der Waals surface area contributed by atoms with Gasteiger partial charge in [0, 0.05) is 18.4 Å². The fraction of sp³-hybridized carbons (Fsp3) is 0.923. The minimum absolute atomic E-state index is 0.0199. The molecule has 54 heavy (non-hydrogen) atoms. The Balaban J connectivity index is 0.905. The number of hydrogen-bond acceptors (Lipinski definition) is 15. The summed E-state index contributed by atoms with van der Waals surface area (Å²) in [7, 11) is 0. The summed E-state index contributed by atoms with van der Waals surface area (Å²) in [4.78, 5) is 12.6. The van der Waals surface area contributed by atoms with Gasteiger partial charge in [0.15, 0.2) is 12.6 Å². The molecule has 0 aromatic heterocycles. The van der Waals surface area contributed by atoms with Gasteiger partial charge in [-0.2, -0.15) is 0 Å². The monoisotopic (exact) mass is 768 g/mol. The molecule has 7 fully saturated rings. The minimum Gasteiger partial charge on any atom is -0.458 e. The Kier molecular flexibility index (Phi) is 10.6. The number of ether oxygens (including phenoxy) is 6. The van der Waals surface area contributed by atoms with Crippen LogP contribution in [0, 0.1) is 40.9 Å². The summed E-state index contributed by atoms with van der Waals surface area (Å²) in [5.41, 5.74) is 0.802. The van der Waals surface area contributed by atoms with Crippen LogP contribution in [0.1, 0.15) is 79.1 Å². The molecule has 8 rings (SSSR count). The number of hydrogen-bond donors (Lipinski definition) is 8. The van der Waals surface area contributed by atoms with E-state index in [1.54, 1.807) is 0 Å². The van der Waals surface area contributed by atoms with Crippen molar-refractivity contribution in [1.82, 2.24) is 0 Å². The number of epoxide rings is 1. The summed E-state index contributed by atoms with van der Waals surface area (Å²) in [6, 6.07) is 0. The van der Waals surface area contributed by atoms with Crippen LogP contribution in [-0.4, -0.2) is 151 Å². The van der Waals surface area contributed by atoms with E-state index < -0.39 is 86.3 Å². The van der Waals surface area contributed by atoms with Crippen molar-refractivity contribution < 1.29 is 74.1 Å². The zero-order chi connectivity index (χ0) is 38.6. The zero-order valence-corrected chi connectivity index (χ0v) is 31.6. The van der Waals surface area contributed by atoms with Gasteiger partial charge in [0.2, 0.25) is 0 Å². The summed E-state index contributed by atoms with van der Waals surface area (Å²) in [5.74, 6) is 1.58. The van der Waals surface area contributed by atoms with Gasteiger partial charge in [-0.05, 0) is 93.3 Å². The van der Waals surface area contributed by atoms with E-state index in [4.69, 9.17) is 28.4 Å². The highest BCUT2D eigenvalue weighted by Gasteiger charge is 2.73. The molecule has 15 heteroatoms. The third-order valence-corrected chi connectivity index (χ3v) is 15.6. The number of esters is 1. The molecule has 0 amide bonds. The highest BCUT2D eigenvalue weighted by Crippen LogP contribution is 2.69. The molecule has 0 bridgehead atoms. The van der Waals surface area contributed by atoms with E-state index in [0.717, 1.165) is 43.3 Å². The molecule has 4 aliphatic heterocycles. The molecule has 0 aromatic carbocycles. The second-order valence-corrected chi connectivity index (χ2v) is 18.2. The quantitative estimate of drug-likeness (QED) is 0.0896. The van der Waals surface area contributed by atoms with Crippen LogP contribution in [0.5, 0.6) is 0 Å². The van der Waals surface area contributed by atoms with Crippen LogP contribution < -0.4 is 0 Å².